The van der Waals surface area contributed by atoms with Gasteiger partial charge in [0.25, 0.3) is 0 Å². The summed E-state index contributed by atoms with van der Waals surface area (Å²) in [4.78, 5) is 15.3. The van der Waals surface area contributed by atoms with Crippen molar-refractivity contribution >= 4 is 5.97 Å². The molecule has 0 radical (unpaired) electrons. The third-order valence-electron chi connectivity index (χ3n) is 3.64. The molecule has 0 bridgehead atoms. The van der Waals surface area contributed by atoms with Crippen LogP contribution in [0.5, 0.6) is 11.8 Å². The fourth-order valence-electron chi connectivity index (χ4n) is 2.29. The number of hydrogen-bond acceptors (Lipinski definition) is 6. The van der Waals surface area contributed by atoms with Crippen LogP contribution in [0.1, 0.15) is 15.9 Å². The van der Waals surface area contributed by atoms with Crippen molar-refractivity contribution in [3.05, 3.63) is 65.7 Å². The first kappa shape index (κ1) is 20.1. The standard InChI is InChI=1S/C18H13F4N3O4/c1-27-16(26)11-2-3-12(15(19)8-11)9-28-17-23-10-25(24-17)13-4-6-14(7-5-13)29-18(20,21)22/h2-8,10H,9H2,1H3. The smallest absolute Gasteiger partial charge is 0.465 e. The number of aromatic nitrogens is 3. The van der Waals surface area contributed by atoms with Gasteiger partial charge < -0.3 is 14.2 Å². The van der Waals surface area contributed by atoms with Crippen LogP contribution in [0.3, 0.4) is 0 Å². The maximum absolute atomic E-state index is 14.0. The van der Waals surface area contributed by atoms with E-state index in [9.17, 15) is 22.4 Å². The second kappa shape index (κ2) is 8.17. The number of benzene rings is 2. The SMILES string of the molecule is COC(=O)c1ccc(COc2ncn(-c3ccc(OC(F)(F)F)cc3)n2)c(F)c1. The molecular weight excluding hydrogens is 398 g/mol. The topological polar surface area (TPSA) is 75.5 Å². The van der Waals surface area contributed by atoms with Crippen LogP contribution >= 0.6 is 0 Å². The first-order valence-corrected chi connectivity index (χ1v) is 8.02. The van der Waals surface area contributed by atoms with E-state index < -0.39 is 18.1 Å². The third kappa shape index (κ3) is 5.21. The van der Waals surface area contributed by atoms with Gasteiger partial charge in [0.2, 0.25) is 0 Å². The maximum atomic E-state index is 14.0. The van der Waals surface area contributed by atoms with E-state index in [2.05, 4.69) is 19.6 Å². The van der Waals surface area contributed by atoms with Gasteiger partial charge in [-0.3, -0.25) is 0 Å². The number of esters is 1. The van der Waals surface area contributed by atoms with Gasteiger partial charge in [0.05, 0.1) is 18.4 Å². The van der Waals surface area contributed by atoms with Crippen molar-refractivity contribution in [2.24, 2.45) is 0 Å². The van der Waals surface area contributed by atoms with Gasteiger partial charge >= 0.3 is 18.3 Å². The number of alkyl halides is 3. The van der Waals surface area contributed by atoms with Crippen molar-refractivity contribution in [1.82, 2.24) is 14.8 Å². The average molecular weight is 411 g/mol. The van der Waals surface area contributed by atoms with E-state index in [0.717, 1.165) is 18.2 Å². The summed E-state index contributed by atoms with van der Waals surface area (Å²) >= 11 is 0. The molecule has 3 rings (SSSR count). The highest BCUT2D eigenvalue weighted by Gasteiger charge is 2.31. The Morgan fingerprint density at radius 3 is 2.48 bits per heavy atom. The van der Waals surface area contributed by atoms with Gasteiger partial charge in [0.15, 0.2) is 0 Å². The van der Waals surface area contributed by atoms with Crippen LogP contribution in [0.2, 0.25) is 0 Å². The summed E-state index contributed by atoms with van der Waals surface area (Å²) in [6, 6.07) is 8.68. The zero-order valence-corrected chi connectivity index (χ0v) is 14.8. The van der Waals surface area contributed by atoms with Crippen molar-refractivity contribution in [3.8, 4) is 17.4 Å². The van der Waals surface area contributed by atoms with E-state index in [0.29, 0.717) is 5.69 Å². The molecule has 1 heterocycles. The maximum Gasteiger partial charge on any atom is 0.573 e. The third-order valence-corrected chi connectivity index (χ3v) is 3.64. The quantitative estimate of drug-likeness (QED) is 0.455. The van der Waals surface area contributed by atoms with Crippen LogP contribution in [-0.4, -0.2) is 34.2 Å². The van der Waals surface area contributed by atoms with E-state index in [1.54, 1.807) is 0 Å². The Kier molecular flexibility index (Phi) is 5.66. The van der Waals surface area contributed by atoms with E-state index in [4.69, 9.17) is 4.74 Å². The van der Waals surface area contributed by atoms with E-state index >= 15 is 0 Å². The van der Waals surface area contributed by atoms with Crippen molar-refractivity contribution in [1.29, 1.82) is 0 Å². The van der Waals surface area contributed by atoms with Crippen LogP contribution in [0, 0.1) is 5.82 Å². The Balaban J connectivity index is 1.64. The largest absolute Gasteiger partial charge is 0.573 e. The normalized spacial score (nSPS) is 11.2. The summed E-state index contributed by atoms with van der Waals surface area (Å²) in [6.07, 6.45) is -3.49. The first-order valence-electron chi connectivity index (χ1n) is 8.02. The molecule has 0 aliphatic rings. The van der Waals surface area contributed by atoms with Gasteiger partial charge in [0.1, 0.15) is 24.5 Å². The van der Waals surface area contributed by atoms with Gasteiger partial charge in [0, 0.05) is 5.56 Å². The highest BCUT2D eigenvalue weighted by molar-refractivity contribution is 5.89. The van der Waals surface area contributed by atoms with Crippen LogP contribution in [0.25, 0.3) is 5.69 Å². The summed E-state index contributed by atoms with van der Waals surface area (Å²) in [5.74, 6) is -1.69. The minimum Gasteiger partial charge on any atom is -0.465 e. The van der Waals surface area contributed by atoms with E-state index in [1.807, 2.05) is 0 Å². The Hall–Kier alpha value is -3.63. The molecule has 0 spiro atoms. The lowest BCUT2D eigenvalue weighted by atomic mass is 10.1. The van der Waals surface area contributed by atoms with Crippen LogP contribution in [0.15, 0.2) is 48.8 Å². The summed E-state index contributed by atoms with van der Waals surface area (Å²) < 4.78 is 65.5. The predicted molar refractivity (Wildman–Crippen MR) is 90.1 cm³/mol. The zero-order chi connectivity index (χ0) is 21.0. The monoisotopic (exact) mass is 411 g/mol. The second-order valence-corrected chi connectivity index (χ2v) is 5.60. The van der Waals surface area contributed by atoms with Crippen molar-refractivity contribution < 1.29 is 36.6 Å². The molecule has 152 valence electrons. The van der Waals surface area contributed by atoms with E-state index in [1.165, 1.54) is 42.4 Å². The van der Waals surface area contributed by atoms with Crippen LogP contribution in [-0.2, 0) is 11.3 Å². The summed E-state index contributed by atoms with van der Waals surface area (Å²) in [5.41, 5.74) is 0.646. The Morgan fingerprint density at radius 2 is 1.86 bits per heavy atom. The highest BCUT2D eigenvalue weighted by atomic mass is 19.4. The molecule has 29 heavy (non-hydrogen) atoms. The molecule has 0 aliphatic heterocycles. The molecule has 2 aromatic carbocycles. The molecule has 0 fully saturated rings. The Labute approximate surface area is 161 Å². The minimum absolute atomic E-state index is 0.0640. The van der Waals surface area contributed by atoms with Gasteiger partial charge in [-0.25, -0.2) is 13.9 Å². The average Bonchev–Trinajstić information content (AvgIpc) is 3.14. The molecule has 1 aromatic heterocycles. The number of carbonyl (C=O) groups excluding carboxylic acids is 1. The summed E-state index contributed by atoms with van der Waals surface area (Å²) in [7, 11) is 1.19. The predicted octanol–water partition coefficient (Wildman–Crippen LogP) is 3.67. The number of methoxy groups -OCH3 is 1. The number of halogens is 4. The lowest BCUT2D eigenvalue weighted by molar-refractivity contribution is -0.274. The summed E-state index contributed by atoms with van der Waals surface area (Å²) in [5, 5.41) is 4.01. The van der Waals surface area contributed by atoms with Gasteiger partial charge in [-0.2, -0.15) is 4.98 Å². The molecule has 0 aliphatic carbocycles. The molecule has 0 amide bonds. The molecule has 3 aromatic rings. The molecule has 0 unspecified atom stereocenters. The zero-order valence-electron chi connectivity index (χ0n) is 14.8. The summed E-state index contributed by atoms with van der Waals surface area (Å²) in [6.45, 7) is -0.199. The number of hydrogen-bond donors (Lipinski definition) is 0. The van der Waals surface area contributed by atoms with Crippen molar-refractivity contribution in [2.45, 2.75) is 13.0 Å². The van der Waals surface area contributed by atoms with Gasteiger partial charge in [-0.1, -0.05) is 6.07 Å². The lowest BCUT2D eigenvalue weighted by Gasteiger charge is -2.09. The first-order chi connectivity index (χ1) is 13.7. The molecule has 0 N–H and O–H groups in total. The number of ether oxygens (including phenoxy) is 3. The van der Waals surface area contributed by atoms with Crippen LogP contribution in [0.4, 0.5) is 17.6 Å². The lowest BCUT2D eigenvalue weighted by Crippen LogP contribution is -2.17. The van der Waals surface area contributed by atoms with Crippen molar-refractivity contribution in [3.63, 3.8) is 0 Å². The van der Waals surface area contributed by atoms with Crippen molar-refractivity contribution in [2.75, 3.05) is 7.11 Å². The minimum atomic E-state index is -4.78. The molecule has 0 atom stereocenters. The molecule has 0 saturated heterocycles. The van der Waals surface area contributed by atoms with E-state index in [-0.39, 0.29) is 29.5 Å². The molecule has 7 nitrogen and oxygen atoms in total. The number of carbonyl (C=O) groups is 1. The Bertz CT molecular complexity index is 1000. The van der Waals surface area contributed by atoms with Gasteiger partial charge in [-0.15, -0.1) is 18.3 Å². The molecule has 0 saturated carbocycles. The van der Waals surface area contributed by atoms with Gasteiger partial charge in [-0.05, 0) is 36.4 Å². The number of nitrogens with zero attached hydrogens (tertiary/aromatic N) is 3. The fraction of sp³-hybridized carbons (Fsp3) is 0.167. The Morgan fingerprint density at radius 1 is 1.14 bits per heavy atom. The molecule has 11 heteroatoms. The second-order valence-electron chi connectivity index (χ2n) is 5.60. The highest BCUT2D eigenvalue weighted by Crippen LogP contribution is 2.23. The molecular formula is C18H13F4N3O4. The van der Waals surface area contributed by atoms with Crippen LogP contribution < -0.4 is 9.47 Å². The fourth-order valence-corrected chi connectivity index (χ4v) is 2.29. The number of rotatable bonds is 6.